The zero-order valence-corrected chi connectivity index (χ0v) is 13.5. The summed E-state index contributed by atoms with van der Waals surface area (Å²) in [6.07, 6.45) is 2.22. The number of carbonyl (C=O) groups is 1. The Kier molecular flexibility index (Phi) is 5.00. The lowest BCUT2D eigenvalue weighted by atomic mass is 10.1. The van der Waals surface area contributed by atoms with Gasteiger partial charge in [-0.1, -0.05) is 28.8 Å². The molecule has 1 heterocycles. The molecule has 2 rings (SSSR count). The second-order valence-electron chi connectivity index (χ2n) is 4.89. The molecule has 21 heavy (non-hydrogen) atoms. The number of nitrogens with zero attached hydrogens (tertiary/aromatic N) is 1. The average molecular weight is 380 g/mol. The Balaban J connectivity index is 2.46. The van der Waals surface area contributed by atoms with Gasteiger partial charge in [-0.3, -0.25) is 4.79 Å². The standard InChI is InChI=1S/C13H15BrFNO4S/c14-9-5-6-12(10(15)8-9)21(19,20)16-7-3-1-2-4-11(16)13(17)18/h5-6,8,11H,1-4,7H2,(H,17,18). The summed E-state index contributed by atoms with van der Waals surface area (Å²) in [5, 5.41) is 9.25. The largest absolute Gasteiger partial charge is 0.480 e. The molecule has 1 unspecified atom stereocenters. The minimum Gasteiger partial charge on any atom is -0.480 e. The van der Waals surface area contributed by atoms with Crippen LogP contribution in [0.2, 0.25) is 0 Å². The summed E-state index contributed by atoms with van der Waals surface area (Å²) in [5.41, 5.74) is 0. The van der Waals surface area contributed by atoms with E-state index in [4.69, 9.17) is 0 Å². The van der Waals surface area contributed by atoms with Gasteiger partial charge in [-0.05, 0) is 31.0 Å². The second kappa shape index (κ2) is 6.41. The molecule has 0 bridgehead atoms. The molecular formula is C13H15BrFNO4S. The van der Waals surface area contributed by atoms with Crippen LogP contribution in [-0.2, 0) is 14.8 Å². The molecule has 8 heteroatoms. The maximum atomic E-state index is 13.9. The molecule has 0 saturated carbocycles. The Morgan fingerprint density at radius 2 is 2.05 bits per heavy atom. The van der Waals surface area contributed by atoms with Crippen LogP contribution in [0.4, 0.5) is 4.39 Å². The monoisotopic (exact) mass is 379 g/mol. The highest BCUT2D eigenvalue weighted by molar-refractivity contribution is 9.10. The van der Waals surface area contributed by atoms with Crippen molar-refractivity contribution in [3.8, 4) is 0 Å². The lowest BCUT2D eigenvalue weighted by Gasteiger charge is -2.26. The average Bonchev–Trinajstić information content (AvgIpc) is 2.64. The first-order valence-electron chi connectivity index (χ1n) is 6.54. The lowest BCUT2D eigenvalue weighted by molar-refractivity contribution is -0.141. The highest BCUT2D eigenvalue weighted by Gasteiger charge is 2.37. The van der Waals surface area contributed by atoms with Crippen LogP contribution in [0.5, 0.6) is 0 Å². The van der Waals surface area contributed by atoms with Gasteiger partial charge in [0, 0.05) is 11.0 Å². The first-order valence-corrected chi connectivity index (χ1v) is 8.77. The van der Waals surface area contributed by atoms with Crippen LogP contribution < -0.4 is 0 Å². The maximum absolute atomic E-state index is 13.9. The number of carboxylic acids is 1. The maximum Gasteiger partial charge on any atom is 0.322 e. The molecule has 1 aromatic carbocycles. The Labute approximate surface area is 130 Å². The molecule has 0 aliphatic carbocycles. The number of carboxylic acid groups (broad SMARTS) is 1. The van der Waals surface area contributed by atoms with Crippen LogP contribution in [0, 0.1) is 5.82 Å². The van der Waals surface area contributed by atoms with Gasteiger partial charge in [-0.15, -0.1) is 0 Å². The van der Waals surface area contributed by atoms with Crippen molar-refractivity contribution >= 4 is 31.9 Å². The molecule has 0 radical (unpaired) electrons. The minimum absolute atomic E-state index is 0.0921. The molecule has 1 aliphatic heterocycles. The molecular weight excluding hydrogens is 365 g/mol. The highest BCUT2D eigenvalue weighted by atomic mass is 79.9. The molecule has 1 fully saturated rings. The SMILES string of the molecule is O=C(O)C1CCCCCN1S(=O)(=O)c1ccc(Br)cc1F. The first kappa shape index (κ1) is 16.4. The number of hydrogen-bond acceptors (Lipinski definition) is 3. The summed E-state index contributed by atoms with van der Waals surface area (Å²) in [6.45, 7) is 0.0921. The zero-order valence-electron chi connectivity index (χ0n) is 11.1. The fourth-order valence-corrected chi connectivity index (χ4v) is 4.46. The number of aliphatic carboxylic acids is 1. The third-order valence-electron chi connectivity index (χ3n) is 3.47. The van der Waals surface area contributed by atoms with E-state index in [1.54, 1.807) is 0 Å². The smallest absolute Gasteiger partial charge is 0.322 e. The third kappa shape index (κ3) is 3.44. The van der Waals surface area contributed by atoms with Gasteiger partial charge in [0.1, 0.15) is 16.8 Å². The topological polar surface area (TPSA) is 74.7 Å². The van der Waals surface area contributed by atoms with E-state index < -0.39 is 32.7 Å². The number of hydrogen-bond donors (Lipinski definition) is 1. The van der Waals surface area contributed by atoms with E-state index in [2.05, 4.69) is 15.9 Å². The van der Waals surface area contributed by atoms with Crippen molar-refractivity contribution in [2.75, 3.05) is 6.54 Å². The van der Waals surface area contributed by atoms with Crippen LogP contribution in [0.3, 0.4) is 0 Å². The van der Waals surface area contributed by atoms with Crippen LogP contribution in [0.25, 0.3) is 0 Å². The molecule has 1 N–H and O–H groups in total. The summed E-state index contributed by atoms with van der Waals surface area (Å²) in [6, 6.07) is 2.49. The molecule has 0 amide bonds. The fourth-order valence-electron chi connectivity index (χ4n) is 2.43. The van der Waals surface area contributed by atoms with Gasteiger partial charge in [0.25, 0.3) is 0 Å². The van der Waals surface area contributed by atoms with Gasteiger partial charge < -0.3 is 5.11 Å². The predicted octanol–water partition coefficient (Wildman–Crippen LogP) is 2.61. The Morgan fingerprint density at radius 3 is 2.67 bits per heavy atom. The zero-order chi connectivity index (χ0) is 15.6. The molecule has 1 saturated heterocycles. The van der Waals surface area contributed by atoms with E-state index in [-0.39, 0.29) is 13.0 Å². The number of halogens is 2. The van der Waals surface area contributed by atoms with Crippen LogP contribution >= 0.6 is 15.9 Å². The van der Waals surface area contributed by atoms with Gasteiger partial charge in [0.15, 0.2) is 0 Å². The van der Waals surface area contributed by atoms with E-state index >= 15 is 0 Å². The third-order valence-corrected chi connectivity index (χ3v) is 5.90. The lowest BCUT2D eigenvalue weighted by Crippen LogP contribution is -2.44. The van der Waals surface area contributed by atoms with Crippen LogP contribution in [-0.4, -0.2) is 36.4 Å². The van der Waals surface area contributed by atoms with Crippen molar-refractivity contribution < 1.29 is 22.7 Å². The van der Waals surface area contributed by atoms with Crippen molar-refractivity contribution in [3.05, 3.63) is 28.5 Å². The van der Waals surface area contributed by atoms with Gasteiger partial charge in [-0.2, -0.15) is 4.31 Å². The Hall–Kier alpha value is -0.990. The molecule has 1 aromatic rings. The number of rotatable bonds is 3. The number of benzene rings is 1. The van der Waals surface area contributed by atoms with Crippen LogP contribution in [0.15, 0.2) is 27.6 Å². The minimum atomic E-state index is -4.17. The van der Waals surface area contributed by atoms with Crippen molar-refractivity contribution in [3.63, 3.8) is 0 Å². The summed E-state index contributed by atoms with van der Waals surface area (Å²) in [7, 11) is -4.17. The summed E-state index contributed by atoms with van der Waals surface area (Å²) in [5.74, 6) is -2.09. The van der Waals surface area contributed by atoms with Gasteiger partial charge in [0.2, 0.25) is 10.0 Å². The summed E-state index contributed by atoms with van der Waals surface area (Å²) < 4.78 is 40.5. The molecule has 116 valence electrons. The van der Waals surface area contributed by atoms with E-state index in [0.717, 1.165) is 22.9 Å². The Morgan fingerprint density at radius 1 is 1.33 bits per heavy atom. The molecule has 0 aromatic heterocycles. The Bertz CT molecular complexity index is 650. The van der Waals surface area contributed by atoms with Crippen molar-refractivity contribution in [2.24, 2.45) is 0 Å². The summed E-state index contributed by atoms with van der Waals surface area (Å²) in [4.78, 5) is 10.8. The fraction of sp³-hybridized carbons (Fsp3) is 0.462. The van der Waals surface area contributed by atoms with E-state index in [1.807, 2.05) is 0 Å². The van der Waals surface area contributed by atoms with Gasteiger partial charge in [0.05, 0.1) is 0 Å². The molecule has 1 atom stereocenters. The quantitative estimate of drug-likeness (QED) is 0.875. The molecule has 0 spiro atoms. The number of sulfonamides is 1. The second-order valence-corrected chi connectivity index (χ2v) is 7.67. The van der Waals surface area contributed by atoms with E-state index in [0.29, 0.717) is 17.3 Å². The van der Waals surface area contributed by atoms with E-state index in [9.17, 15) is 22.7 Å². The van der Waals surface area contributed by atoms with E-state index in [1.165, 1.54) is 6.07 Å². The normalized spacial score (nSPS) is 21.0. The first-order chi connectivity index (χ1) is 9.84. The van der Waals surface area contributed by atoms with Crippen molar-refractivity contribution in [2.45, 2.75) is 36.6 Å². The predicted molar refractivity (Wildman–Crippen MR) is 77.9 cm³/mol. The molecule has 1 aliphatic rings. The molecule has 5 nitrogen and oxygen atoms in total. The summed E-state index contributed by atoms with van der Waals surface area (Å²) >= 11 is 3.06. The van der Waals surface area contributed by atoms with Gasteiger partial charge >= 0.3 is 5.97 Å². The van der Waals surface area contributed by atoms with Crippen molar-refractivity contribution in [1.82, 2.24) is 4.31 Å². The van der Waals surface area contributed by atoms with Crippen molar-refractivity contribution in [1.29, 1.82) is 0 Å². The van der Waals surface area contributed by atoms with Crippen LogP contribution in [0.1, 0.15) is 25.7 Å². The van der Waals surface area contributed by atoms with Gasteiger partial charge in [-0.25, -0.2) is 12.8 Å². The highest BCUT2D eigenvalue weighted by Crippen LogP contribution is 2.27.